The Morgan fingerprint density at radius 3 is 2.17 bits per heavy atom. The van der Waals surface area contributed by atoms with Gasteiger partial charge >= 0.3 is 0 Å². The van der Waals surface area contributed by atoms with Gasteiger partial charge in [-0.25, -0.2) is 0 Å². The summed E-state index contributed by atoms with van der Waals surface area (Å²) in [6, 6.07) is 0. The minimum Gasteiger partial charge on any atom is -0.311 e. The largest absolute Gasteiger partial charge is 0.311 e. The third kappa shape index (κ3) is 4.05. The van der Waals surface area contributed by atoms with Crippen molar-refractivity contribution in [3.8, 4) is 0 Å². The predicted octanol–water partition coefficient (Wildman–Crippen LogP) is 0.954. The van der Waals surface area contributed by atoms with Gasteiger partial charge in [-0.15, -0.1) is 0 Å². The zero-order chi connectivity index (χ0) is 4.99. The molecule has 0 fully saturated rings. The Morgan fingerprint density at radius 1 is 1.67 bits per heavy atom. The lowest BCUT2D eigenvalue weighted by Gasteiger charge is -1.80. The molecule has 0 aromatic carbocycles. The van der Waals surface area contributed by atoms with Gasteiger partial charge in [0.1, 0.15) is 0 Å². The molecule has 0 atom stereocenters. The monoisotopic (exact) mass is 126 g/mol. The number of halogens is 2. The number of hydrogen-bond donors (Lipinski definition) is 1. The topological polar surface area (TPSA) is 24.4 Å². The smallest absolute Gasteiger partial charge is 0.215 e. The molecule has 0 spiro atoms. The summed E-state index contributed by atoms with van der Waals surface area (Å²) in [5.41, 5.74) is 2.39. The number of rotatable bonds is 1. The van der Waals surface area contributed by atoms with Crippen LogP contribution in [0.25, 0.3) is 0 Å². The molecule has 1 N–H and O–H groups in total. The molecule has 4 heteroatoms. The Morgan fingerprint density at radius 2 is 2.17 bits per heavy atom. The predicted molar refractivity (Wildman–Crippen MR) is 28.2 cm³/mol. The van der Waals surface area contributed by atoms with Crippen LogP contribution in [0.15, 0.2) is 5.10 Å². The standard InChI is InChI=1S/C2H4Cl2N2/c1-5-6-2(3)4/h5H,1H3. The van der Waals surface area contributed by atoms with Crippen LogP contribution in [0.5, 0.6) is 0 Å². The highest BCUT2D eigenvalue weighted by Gasteiger charge is 1.74. The number of hydrogen-bond acceptors (Lipinski definition) is 2. The second-order valence-corrected chi connectivity index (χ2v) is 1.49. The zero-order valence-electron chi connectivity index (χ0n) is 3.20. The molecule has 0 aliphatic heterocycles. The number of hydrazone groups is 1. The van der Waals surface area contributed by atoms with Crippen molar-refractivity contribution in [1.29, 1.82) is 0 Å². The maximum atomic E-state index is 5.03. The van der Waals surface area contributed by atoms with Crippen molar-refractivity contribution in [3.05, 3.63) is 0 Å². The van der Waals surface area contributed by atoms with Gasteiger partial charge in [0.05, 0.1) is 0 Å². The molecule has 0 rings (SSSR count). The van der Waals surface area contributed by atoms with Crippen molar-refractivity contribution in [2.45, 2.75) is 0 Å². The van der Waals surface area contributed by atoms with Crippen LogP contribution in [0.1, 0.15) is 0 Å². The van der Waals surface area contributed by atoms with Gasteiger partial charge < -0.3 is 5.43 Å². The fourth-order valence-corrected chi connectivity index (χ4v) is 0.254. The van der Waals surface area contributed by atoms with E-state index in [1.54, 1.807) is 7.05 Å². The Balaban J connectivity index is 3.14. The summed E-state index contributed by atoms with van der Waals surface area (Å²) in [7, 11) is 1.62. The Bertz CT molecular complexity index is 56.6. The maximum Gasteiger partial charge on any atom is 0.215 e. The molecular formula is C2H4Cl2N2. The molecular weight excluding hydrogens is 123 g/mol. The molecule has 0 aromatic heterocycles. The van der Waals surface area contributed by atoms with Crippen LogP contribution < -0.4 is 5.43 Å². The molecule has 0 aliphatic carbocycles. The molecule has 0 saturated carbocycles. The summed E-state index contributed by atoms with van der Waals surface area (Å²) in [4.78, 5) is 0. The third-order valence-electron chi connectivity index (χ3n) is 0.196. The van der Waals surface area contributed by atoms with Crippen molar-refractivity contribution in [1.82, 2.24) is 5.43 Å². The van der Waals surface area contributed by atoms with Crippen LogP contribution in [-0.4, -0.2) is 11.7 Å². The molecule has 0 aliphatic rings. The van der Waals surface area contributed by atoms with Gasteiger partial charge in [0.25, 0.3) is 0 Å². The molecule has 0 radical (unpaired) electrons. The van der Waals surface area contributed by atoms with Crippen molar-refractivity contribution in [3.63, 3.8) is 0 Å². The fourth-order valence-electron chi connectivity index (χ4n) is 0.0845. The van der Waals surface area contributed by atoms with E-state index in [0.717, 1.165) is 0 Å². The SMILES string of the molecule is CNN=C(Cl)Cl. The maximum absolute atomic E-state index is 5.03. The fraction of sp³-hybridized carbons (Fsp3) is 0.500. The molecule has 0 amide bonds. The van der Waals surface area contributed by atoms with Gasteiger partial charge in [-0.3, -0.25) is 0 Å². The van der Waals surface area contributed by atoms with E-state index in [2.05, 4.69) is 10.5 Å². The zero-order valence-corrected chi connectivity index (χ0v) is 4.72. The first-order valence-electron chi connectivity index (χ1n) is 1.33. The molecule has 0 heterocycles. The molecule has 0 saturated heterocycles. The van der Waals surface area contributed by atoms with Crippen LogP contribution in [0.4, 0.5) is 0 Å². The van der Waals surface area contributed by atoms with Gasteiger partial charge in [-0.05, 0) is 23.2 Å². The van der Waals surface area contributed by atoms with Crippen molar-refractivity contribution < 1.29 is 0 Å². The van der Waals surface area contributed by atoms with Crippen LogP contribution in [0.2, 0.25) is 0 Å². The Labute approximate surface area is 46.1 Å². The highest BCUT2D eigenvalue weighted by molar-refractivity contribution is 6.95. The second-order valence-electron chi connectivity index (χ2n) is 0.576. The molecule has 0 aromatic rings. The summed E-state index contributed by atoms with van der Waals surface area (Å²) < 4.78 is -0.00231. The van der Waals surface area contributed by atoms with Crippen molar-refractivity contribution in [2.75, 3.05) is 7.05 Å². The van der Waals surface area contributed by atoms with E-state index < -0.39 is 0 Å². The minimum absolute atomic E-state index is 0.00231. The van der Waals surface area contributed by atoms with Gasteiger partial charge in [0.15, 0.2) is 0 Å². The highest BCUT2D eigenvalue weighted by Crippen LogP contribution is 1.86. The van der Waals surface area contributed by atoms with E-state index in [-0.39, 0.29) is 4.63 Å². The highest BCUT2D eigenvalue weighted by atomic mass is 35.5. The molecule has 0 bridgehead atoms. The number of nitrogens with zero attached hydrogens (tertiary/aromatic N) is 1. The first kappa shape index (κ1) is 6.05. The van der Waals surface area contributed by atoms with Crippen LogP contribution in [0, 0.1) is 0 Å². The lowest BCUT2D eigenvalue weighted by Crippen LogP contribution is -1.93. The third-order valence-corrected chi connectivity index (χ3v) is 0.365. The van der Waals surface area contributed by atoms with E-state index in [1.165, 1.54) is 0 Å². The summed E-state index contributed by atoms with van der Waals surface area (Å²) in [6.07, 6.45) is 0. The average molecular weight is 127 g/mol. The Hall–Kier alpha value is 0.0500. The number of nitrogens with one attached hydrogen (secondary N) is 1. The van der Waals surface area contributed by atoms with Crippen molar-refractivity contribution in [2.24, 2.45) is 5.10 Å². The lowest BCUT2D eigenvalue weighted by molar-refractivity contribution is 0.909. The van der Waals surface area contributed by atoms with Crippen LogP contribution >= 0.6 is 23.2 Å². The van der Waals surface area contributed by atoms with E-state index in [0.29, 0.717) is 0 Å². The lowest BCUT2D eigenvalue weighted by atomic mass is 11.5. The first-order chi connectivity index (χ1) is 2.77. The second kappa shape index (κ2) is 3.25. The molecule has 6 heavy (non-hydrogen) atoms. The summed E-state index contributed by atoms with van der Waals surface area (Å²) in [5.74, 6) is 0. The Kier molecular flexibility index (Phi) is 3.28. The average Bonchev–Trinajstić information content (AvgIpc) is 1.35. The first-order valence-corrected chi connectivity index (χ1v) is 2.08. The van der Waals surface area contributed by atoms with Crippen LogP contribution in [-0.2, 0) is 0 Å². The van der Waals surface area contributed by atoms with E-state index in [4.69, 9.17) is 23.2 Å². The van der Waals surface area contributed by atoms with E-state index in [1.807, 2.05) is 0 Å². The van der Waals surface area contributed by atoms with Gasteiger partial charge in [0.2, 0.25) is 4.63 Å². The van der Waals surface area contributed by atoms with Crippen LogP contribution in [0.3, 0.4) is 0 Å². The quantitative estimate of drug-likeness (QED) is 0.411. The van der Waals surface area contributed by atoms with Gasteiger partial charge in [0, 0.05) is 7.05 Å². The van der Waals surface area contributed by atoms with Gasteiger partial charge in [-0.2, -0.15) is 5.10 Å². The van der Waals surface area contributed by atoms with E-state index >= 15 is 0 Å². The molecule has 2 nitrogen and oxygen atoms in total. The van der Waals surface area contributed by atoms with E-state index in [9.17, 15) is 0 Å². The van der Waals surface area contributed by atoms with Gasteiger partial charge in [-0.1, -0.05) is 0 Å². The molecule has 0 unspecified atom stereocenters. The normalized spacial score (nSPS) is 7.17. The summed E-state index contributed by atoms with van der Waals surface area (Å²) in [5, 5.41) is 3.32. The van der Waals surface area contributed by atoms with Crippen molar-refractivity contribution >= 4 is 27.8 Å². The summed E-state index contributed by atoms with van der Waals surface area (Å²) >= 11 is 10.1. The minimum atomic E-state index is -0.00231. The summed E-state index contributed by atoms with van der Waals surface area (Å²) in [6.45, 7) is 0. The molecule has 36 valence electrons.